The Labute approximate surface area is 91.8 Å². The number of nitrogens with zero attached hydrogens (tertiary/aromatic N) is 1. The first-order chi connectivity index (χ1) is 6.92. The molecule has 3 heteroatoms. The van der Waals surface area contributed by atoms with Gasteiger partial charge >= 0.3 is 0 Å². The Morgan fingerprint density at radius 2 is 2.36 bits per heavy atom. The first-order valence-corrected chi connectivity index (χ1v) is 7.09. The average molecular weight is 214 g/mol. The molecule has 2 fully saturated rings. The van der Waals surface area contributed by atoms with Gasteiger partial charge in [0.2, 0.25) is 0 Å². The van der Waals surface area contributed by atoms with Gasteiger partial charge in [0, 0.05) is 24.9 Å². The molecule has 2 saturated heterocycles. The number of likely N-dealkylation sites (tertiary alicyclic amines) is 1. The lowest BCUT2D eigenvalue weighted by molar-refractivity contribution is 0.133. The maximum atomic E-state index is 3.54. The maximum Gasteiger partial charge on any atom is 0.0261 e. The van der Waals surface area contributed by atoms with Crippen molar-refractivity contribution in [1.82, 2.24) is 10.2 Å². The fraction of sp³-hybridized carbons (Fsp3) is 1.00. The van der Waals surface area contributed by atoms with Gasteiger partial charge in [0.15, 0.2) is 0 Å². The molecule has 0 saturated carbocycles. The van der Waals surface area contributed by atoms with Crippen LogP contribution in [0.25, 0.3) is 0 Å². The van der Waals surface area contributed by atoms with Gasteiger partial charge in [0.1, 0.15) is 0 Å². The normalized spacial score (nSPS) is 33.2. The van der Waals surface area contributed by atoms with Crippen molar-refractivity contribution in [2.75, 3.05) is 37.7 Å². The summed E-state index contributed by atoms with van der Waals surface area (Å²) in [7, 11) is 0. The van der Waals surface area contributed by atoms with Crippen molar-refractivity contribution >= 4 is 11.8 Å². The second-order valence-corrected chi connectivity index (χ2v) is 5.75. The van der Waals surface area contributed by atoms with Crippen LogP contribution in [0.4, 0.5) is 0 Å². The third-order valence-electron chi connectivity index (χ3n) is 3.52. The molecule has 1 N–H and O–H groups in total. The van der Waals surface area contributed by atoms with E-state index < -0.39 is 0 Å². The number of rotatable bonds is 4. The largest absolute Gasteiger partial charge is 0.315 e. The first-order valence-electron chi connectivity index (χ1n) is 5.94. The highest BCUT2D eigenvalue weighted by molar-refractivity contribution is 7.99. The zero-order valence-electron chi connectivity index (χ0n) is 9.17. The zero-order chi connectivity index (χ0) is 9.80. The molecule has 2 heterocycles. The van der Waals surface area contributed by atoms with Crippen LogP contribution in [0.3, 0.4) is 0 Å². The molecule has 82 valence electrons. The second-order valence-electron chi connectivity index (χ2n) is 4.36. The van der Waals surface area contributed by atoms with Crippen LogP contribution in [0.15, 0.2) is 0 Å². The van der Waals surface area contributed by atoms with Crippen molar-refractivity contribution in [3.63, 3.8) is 0 Å². The van der Waals surface area contributed by atoms with Crippen LogP contribution in [-0.2, 0) is 0 Å². The molecule has 0 aromatic carbocycles. The molecule has 2 aliphatic rings. The van der Waals surface area contributed by atoms with Crippen molar-refractivity contribution in [2.24, 2.45) is 5.92 Å². The molecule has 0 bridgehead atoms. The predicted octanol–water partition coefficient (Wildman–Crippen LogP) is 1.42. The molecule has 2 nitrogen and oxygen atoms in total. The smallest absolute Gasteiger partial charge is 0.0261 e. The quantitative estimate of drug-likeness (QED) is 0.713. The summed E-state index contributed by atoms with van der Waals surface area (Å²) in [6.45, 7) is 7.40. The van der Waals surface area contributed by atoms with Gasteiger partial charge in [-0.05, 0) is 37.6 Å². The Balaban J connectivity index is 1.78. The van der Waals surface area contributed by atoms with E-state index in [1.807, 2.05) is 0 Å². The van der Waals surface area contributed by atoms with Gasteiger partial charge in [-0.15, -0.1) is 0 Å². The highest BCUT2D eigenvalue weighted by Gasteiger charge is 2.34. The van der Waals surface area contributed by atoms with E-state index >= 15 is 0 Å². The standard InChI is InChI=1S/C11H22N2S/c1-2-14-7-6-13-5-3-4-10-8-12-9-11(10)13/h10-12H,2-9H2,1H3. The third kappa shape index (κ3) is 2.44. The highest BCUT2D eigenvalue weighted by atomic mass is 32.2. The van der Waals surface area contributed by atoms with Crippen LogP contribution < -0.4 is 5.32 Å². The molecule has 2 atom stereocenters. The van der Waals surface area contributed by atoms with E-state index in [0.717, 1.165) is 12.0 Å². The molecule has 0 aliphatic carbocycles. The van der Waals surface area contributed by atoms with E-state index in [4.69, 9.17) is 0 Å². The van der Waals surface area contributed by atoms with E-state index in [1.165, 1.54) is 50.5 Å². The van der Waals surface area contributed by atoms with Crippen molar-refractivity contribution in [2.45, 2.75) is 25.8 Å². The molecule has 2 unspecified atom stereocenters. The van der Waals surface area contributed by atoms with Gasteiger partial charge in [0.25, 0.3) is 0 Å². The Morgan fingerprint density at radius 1 is 1.43 bits per heavy atom. The minimum Gasteiger partial charge on any atom is -0.315 e. The lowest BCUT2D eigenvalue weighted by atomic mass is 9.92. The van der Waals surface area contributed by atoms with E-state index in [0.29, 0.717) is 0 Å². The number of piperidine rings is 1. The third-order valence-corrected chi connectivity index (χ3v) is 4.40. The van der Waals surface area contributed by atoms with Crippen molar-refractivity contribution in [3.05, 3.63) is 0 Å². The van der Waals surface area contributed by atoms with Crippen LogP contribution >= 0.6 is 11.8 Å². The van der Waals surface area contributed by atoms with E-state index in [1.54, 1.807) is 0 Å². The van der Waals surface area contributed by atoms with E-state index in [9.17, 15) is 0 Å². The molecule has 0 aromatic rings. The summed E-state index contributed by atoms with van der Waals surface area (Å²) >= 11 is 2.07. The summed E-state index contributed by atoms with van der Waals surface area (Å²) in [5.41, 5.74) is 0. The number of hydrogen-bond acceptors (Lipinski definition) is 3. The van der Waals surface area contributed by atoms with Crippen LogP contribution in [0.1, 0.15) is 19.8 Å². The number of fused-ring (bicyclic) bond motifs is 1. The zero-order valence-corrected chi connectivity index (χ0v) is 9.98. The average Bonchev–Trinajstić information content (AvgIpc) is 2.67. The van der Waals surface area contributed by atoms with Crippen LogP contribution in [0, 0.1) is 5.92 Å². The Bertz CT molecular complexity index is 175. The summed E-state index contributed by atoms with van der Waals surface area (Å²) in [6, 6.07) is 0.862. The Kier molecular flexibility index (Phi) is 4.14. The molecule has 0 aromatic heterocycles. The minimum absolute atomic E-state index is 0.862. The van der Waals surface area contributed by atoms with Gasteiger partial charge in [-0.2, -0.15) is 11.8 Å². The van der Waals surface area contributed by atoms with Gasteiger partial charge in [-0.1, -0.05) is 6.92 Å². The summed E-state index contributed by atoms with van der Waals surface area (Å²) in [4.78, 5) is 2.72. The number of hydrogen-bond donors (Lipinski definition) is 1. The molecule has 0 amide bonds. The summed E-state index contributed by atoms with van der Waals surface area (Å²) in [5, 5.41) is 3.54. The van der Waals surface area contributed by atoms with Crippen molar-refractivity contribution < 1.29 is 0 Å². The van der Waals surface area contributed by atoms with Gasteiger partial charge < -0.3 is 5.32 Å². The fourth-order valence-corrected chi connectivity index (χ4v) is 3.42. The van der Waals surface area contributed by atoms with Crippen LogP contribution in [0.2, 0.25) is 0 Å². The lowest BCUT2D eigenvalue weighted by Gasteiger charge is -2.36. The predicted molar refractivity (Wildman–Crippen MR) is 64.0 cm³/mol. The SMILES string of the molecule is CCSCCN1CCCC2CNCC21. The maximum absolute atomic E-state index is 3.54. The fourth-order valence-electron chi connectivity index (χ4n) is 2.77. The summed E-state index contributed by atoms with van der Waals surface area (Å²) in [5.74, 6) is 3.54. The Morgan fingerprint density at radius 3 is 3.21 bits per heavy atom. The van der Waals surface area contributed by atoms with E-state index in [-0.39, 0.29) is 0 Å². The van der Waals surface area contributed by atoms with Crippen molar-refractivity contribution in [3.8, 4) is 0 Å². The topological polar surface area (TPSA) is 15.3 Å². The lowest BCUT2D eigenvalue weighted by Crippen LogP contribution is -2.45. The number of nitrogens with one attached hydrogen (secondary N) is 1. The second kappa shape index (κ2) is 5.38. The van der Waals surface area contributed by atoms with Gasteiger partial charge in [-0.25, -0.2) is 0 Å². The van der Waals surface area contributed by atoms with Crippen molar-refractivity contribution in [1.29, 1.82) is 0 Å². The van der Waals surface area contributed by atoms with Crippen LogP contribution in [0.5, 0.6) is 0 Å². The molecule has 2 rings (SSSR count). The molecular formula is C11H22N2S. The number of thioether (sulfide) groups is 1. The molecule has 2 aliphatic heterocycles. The molecule has 0 spiro atoms. The first kappa shape index (κ1) is 10.8. The minimum atomic E-state index is 0.862. The summed E-state index contributed by atoms with van der Waals surface area (Å²) in [6.07, 6.45) is 2.87. The molecule has 0 radical (unpaired) electrons. The molecular weight excluding hydrogens is 192 g/mol. The summed E-state index contributed by atoms with van der Waals surface area (Å²) < 4.78 is 0. The Hall–Kier alpha value is 0.270. The van der Waals surface area contributed by atoms with E-state index in [2.05, 4.69) is 28.9 Å². The van der Waals surface area contributed by atoms with Gasteiger partial charge in [-0.3, -0.25) is 4.90 Å². The highest BCUT2D eigenvalue weighted by Crippen LogP contribution is 2.26. The van der Waals surface area contributed by atoms with Gasteiger partial charge in [0.05, 0.1) is 0 Å². The van der Waals surface area contributed by atoms with Crippen LogP contribution in [-0.4, -0.2) is 48.6 Å². The monoisotopic (exact) mass is 214 g/mol. The molecule has 14 heavy (non-hydrogen) atoms.